The predicted molar refractivity (Wildman–Crippen MR) is 162 cm³/mol. The molecular weight excluding hydrogens is 494 g/mol. The number of para-hydroxylation sites is 1. The van der Waals surface area contributed by atoms with Crippen LogP contribution in [0.3, 0.4) is 0 Å². The smallest absolute Gasteiger partial charge is 0.266 e. The molecule has 1 unspecified atom stereocenters. The van der Waals surface area contributed by atoms with Gasteiger partial charge in [-0.3, -0.25) is 14.2 Å². The minimum atomic E-state index is -0.473. The first-order chi connectivity index (χ1) is 19.4. The van der Waals surface area contributed by atoms with Crippen LogP contribution in [0.25, 0.3) is 16.6 Å². The molecular formula is C35H35N3O2. The summed E-state index contributed by atoms with van der Waals surface area (Å²) in [4.78, 5) is 35.5. The van der Waals surface area contributed by atoms with Gasteiger partial charge in [-0.15, -0.1) is 0 Å². The van der Waals surface area contributed by atoms with Crippen LogP contribution in [0.4, 0.5) is 0 Å². The van der Waals surface area contributed by atoms with Crippen molar-refractivity contribution in [3.05, 3.63) is 142 Å². The summed E-state index contributed by atoms with van der Waals surface area (Å²) in [5, 5.41) is 0.552. The lowest BCUT2D eigenvalue weighted by Gasteiger charge is -2.33. The lowest BCUT2D eigenvalue weighted by molar-refractivity contribution is -0.134. The highest BCUT2D eigenvalue weighted by Gasteiger charge is 2.32. The molecule has 202 valence electrons. The summed E-state index contributed by atoms with van der Waals surface area (Å²) in [5.41, 5.74) is 5.35. The molecule has 0 radical (unpaired) electrons. The summed E-state index contributed by atoms with van der Waals surface area (Å²) in [7, 11) is 0. The Bertz CT molecular complexity index is 1650. The normalized spacial score (nSPS) is 12.0. The summed E-state index contributed by atoms with van der Waals surface area (Å²) < 4.78 is 1.69. The lowest BCUT2D eigenvalue weighted by Crippen LogP contribution is -2.40. The third-order valence-corrected chi connectivity index (χ3v) is 7.65. The van der Waals surface area contributed by atoms with Crippen LogP contribution in [-0.4, -0.2) is 26.9 Å². The van der Waals surface area contributed by atoms with Crippen LogP contribution in [0, 0.1) is 13.8 Å². The molecule has 1 aromatic heterocycles. The molecule has 0 aliphatic carbocycles. The zero-order valence-electron chi connectivity index (χ0n) is 23.5. The van der Waals surface area contributed by atoms with Crippen molar-refractivity contribution in [2.24, 2.45) is 0 Å². The Labute approximate surface area is 235 Å². The molecule has 0 aliphatic rings. The third kappa shape index (κ3) is 5.20. The van der Waals surface area contributed by atoms with Gasteiger partial charge < -0.3 is 4.90 Å². The molecule has 1 amide bonds. The fraction of sp³-hybridized carbons (Fsp3) is 0.229. The van der Waals surface area contributed by atoms with E-state index in [4.69, 9.17) is 4.98 Å². The Morgan fingerprint density at radius 3 is 2.02 bits per heavy atom. The second kappa shape index (κ2) is 11.7. The van der Waals surface area contributed by atoms with Crippen LogP contribution in [0.2, 0.25) is 0 Å². The average molecular weight is 530 g/mol. The van der Waals surface area contributed by atoms with Crippen LogP contribution in [0.5, 0.6) is 0 Å². The first-order valence-electron chi connectivity index (χ1n) is 13.9. The number of rotatable bonds is 8. The van der Waals surface area contributed by atoms with Crippen molar-refractivity contribution in [1.82, 2.24) is 14.5 Å². The molecule has 40 heavy (non-hydrogen) atoms. The minimum Gasteiger partial charge on any atom is -0.332 e. The Balaban J connectivity index is 1.69. The van der Waals surface area contributed by atoms with Gasteiger partial charge in [0.2, 0.25) is 5.91 Å². The highest BCUT2D eigenvalue weighted by atomic mass is 16.2. The number of benzene rings is 4. The first-order valence-corrected chi connectivity index (χ1v) is 13.9. The van der Waals surface area contributed by atoms with E-state index in [1.165, 1.54) is 0 Å². The number of carbonyl (C=O) groups excluding carboxylic acids is 1. The second-order valence-corrected chi connectivity index (χ2v) is 10.4. The van der Waals surface area contributed by atoms with Gasteiger partial charge in [0, 0.05) is 6.54 Å². The van der Waals surface area contributed by atoms with Gasteiger partial charge >= 0.3 is 0 Å². The summed E-state index contributed by atoms with van der Waals surface area (Å²) in [6, 6.07) is 32.8. The average Bonchev–Trinajstić information content (AvgIpc) is 2.98. The van der Waals surface area contributed by atoms with Crippen LogP contribution < -0.4 is 5.56 Å². The molecule has 0 N–H and O–H groups in total. The van der Waals surface area contributed by atoms with E-state index in [9.17, 15) is 9.59 Å². The fourth-order valence-corrected chi connectivity index (χ4v) is 5.35. The second-order valence-electron chi connectivity index (χ2n) is 10.4. The first kappa shape index (κ1) is 27.1. The van der Waals surface area contributed by atoms with E-state index < -0.39 is 12.0 Å². The summed E-state index contributed by atoms with van der Waals surface area (Å²) >= 11 is 0. The Morgan fingerprint density at radius 2 is 1.43 bits per heavy atom. The van der Waals surface area contributed by atoms with Crippen LogP contribution >= 0.6 is 0 Å². The van der Waals surface area contributed by atoms with Gasteiger partial charge in [-0.2, -0.15) is 0 Å². The van der Waals surface area contributed by atoms with Gasteiger partial charge in [0.25, 0.3) is 5.56 Å². The number of amides is 1. The van der Waals surface area contributed by atoms with Crippen molar-refractivity contribution in [3.63, 3.8) is 0 Å². The predicted octanol–water partition coefficient (Wildman–Crippen LogP) is 7.13. The van der Waals surface area contributed by atoms with Crippen molar-refractivity contribution < 1.29 is 4.79 Å². The quantitative estimate of drug-likeness (QED) is 0.215. The van der Waals surface area contributed by atoms with Gasteiger partial charge in [-0.05, 0) is 73.7 Å². The number of hydrogen-bond donors (Lipinski definition) is 0. The molecule has 5 rings (SSSR count). The maximum absolute atomic E-state index is 14.6. The Morgan fingerprint density at radius 1 is 0.825 bits per heavy atom. The number of nitrogens with zero attached hydrogens (tertiary/aromatic N) is 3. The van der Waals surface area contributed by atoms with E-state index in [2.05, 4.69) is 13.8 Å². The van der Waals surface area contributed by atoms with Crippen LogP contribution in [0.15, 0.2) is 108 Å². The molecule has 0 saturated carbocycles. The van der Waals surface area contributed by atoms with E-state index in [-0.39, 0.29) is 11.5 Å². The van der Waals surface area contributed by atoms with Crippen molar-refractivity contribution in [3.8, 4) is 5.69 Å². The monoisotopic (exact) mass is 529 g/mol. The minimum absolute atomic E-state index is 0.0132. The molecule has 0 spiro atoms. The third-order valence-electron chi connectivity index (χ3n) is 7.65. The van der Waals surface area contributed by atoms with Gasteiger partial charge in [0.15, 0.2) is 0 Å². The van der Waals surface area contributed by atoms with E-state index in [1.54, 1.807) is 4.57 Å². The Kier molecular flexibility index (Phi) is 7.92. The van der Waals surface area contributed by atoms with Crippen molar-refractivity contribution in [2.75, 3.05) is 6.54 Å². The zero-order valence-corrected chi connectivity index (χ0v) is 23.5. The molecule has 0 bridgehead atoms. The topological polar surface area (TPSA) is 55.2 Å². The van der Waals surface area contributed by atoms with Gasteiger partial charge in [-0.1, -0.05) is 85.8 Å². The van der Waals surface area contributed by atoms with Gasteiger partial charge in [-0.25, -0.2) is 4.98 Å². The van der Waals surface area contributed by atoms with Crippen molar-refractivity contribution >= 4 is 16.8 Å². The maximum atomic E-state index is 14.6. The van der Waals surface area contributed by atoms with E-state index in [1.807, 2.05) is 122 Å². The lowest BCUT2D eigenvalue weighted by atomic mass is 9.89. The largest absolute Gasteiger partial charge is 0.332 e. The van der Waals surface area contributed by atoms with E-state index >= 15 is 0 Å². The van der Waals surface area contributed by atoms with Crippen molar-refractivity contribution in [2.45, 2.75) is 46.1 Å². The molecule has 0 aliphatic heterocycles. The number of aromatic nitrogens is 2. The highest BCUT2D eigenvalue weighted by Crippen LogP contribution is 2.31. The van der Waals surface area contributed by atoms with Crippen molar-refractivity contribution in [1.29, 1.82) is 0 Å². The standard InChI is InChI=1S/C35H35N3O2/c1-5-22-37(35(40)32(27-14-8-6-9-15-27)28-16-10-7-11-17-28)26(4)33-36-31-19-13-12-18-30(31)34(39)38(33)29-21-20-24(2)25(3)23-29/h6-21,23,26,32H,5,22H2,1-4H3. The molecule has 1 heterocycles. The number of hydrogen-bond acceptors (Lipinski definition) is 3. The van der Waals surface area contributed by atoms with E-state index in [0.29, 0.717) is 23.3 Å². The Hall–Kier alpha value is -4.51. The molecule has 5 aromatic rings. The molecule has 0 fully saturated rings. The van der Waals surface area contributed by atoms with Crippen LogP contribution in [0.1, 0.15) is 60.3 Å². The van der Waals surface area contributed by atoms with Crippen LogP contribution in [-0.2, 0) is 4.79 Å². The zero-order chi connectivity index (χ0) is 28.2. The molecule has 4 aromatic carbocycles. The number of fused-ring (bicyclic) bond motifs is 1. The molecule has 5 nitrogen and oxygen atoms in total. The molecule has 5 heteroatoms. The SMILES string of the molecule is CCCN(C(=O)C(c1ccccc1)c1ccccc1)C(C)c1nc2ccccc2c(=O)n1-c1ccc(C)c(C)c1. The number of carbonyl (C=O) groups is 1. The summed E-state index contributed by atoms with van der Waals surface area (Å²) in [5.74, 6) is 0.0630. The van der Waals surface area contributed by atoms with Gasteiger partial charge in [0.1, 0.15) is 5.82 Å². The van der Waals surface area contributed by atoms with E-state index in [0.717, 1.165) is 34.4 Å². The summed E-state index contributed by atoms with van der Waals surface area (Å²) in [6.07, 6.45) is 0.772. The maximum Gasteiger partial charge on any atom is 0.266 e. The number of aryl methyl sites for hydroxylation is 2. The highest BCUT2D eigenvalue weighted by molar-refractivity contribution is 5.87. The fourth-order valence-electron chi connectivity index (χ4n) is 5.35. The molecule has 1 atom stereocenters. The molecule has 0 saturated heterocycles. The summed E-state index contributed by atoms with van der Waals surface area (Å²) in [6.45, 7) is 8.68. The van der Waals surface area contributed by atoms with Gasteiger partial charge in [0.05, 0.1) is 28.6 Å².